The van der Waals surface area contributed by atoms with Crippen molar-refractivity contribution < 1.29 is 14.3 Å². The lowest BCUT2D eigenvalue weighted by Crippen LogP contribution is -2.13. The maximum absolute atomic E-state index is 13.7. The Kier molecular flexibility index (Phi) is 3.55. The number of tetrazole rings is 1. The third-order valence-corrected chi connectivity index (χ3v) is 2.24. The lowest BCUT2D eigenvalue weighted by Gasteiger charge is -2.06. The van der Waals surface area contributed by atoms with E-state index >= 15 is 0 Å². The number of hydrogen-bond acceptors (Lipinski definition) is 6. The predicted molar refractivity (Wildman–Crippen MR) is 62.0 cm³/mol. The maximum Gasteiger partial charge on any atom is 0.212 e. The minimum Gasteiger partial charge on any atom is -0.482 e. The summed E-state index contributed by atoms with van der Waals surface area (Å²) in [6, 6.07) is 3.95. The summed E-state index contributed by atoms with van der Waals surface area (Å²) in [5.41, 5.74) is 5.60. The minimum absolute atomic E-state index is 0.00627. The molecule has 0 amide bonds. The monoisotopic (exact) mass is 266 g/mol. The van der Waals surface area contributed by atoms with Gasteiger partial charge in [-0.25, -0.2) is 4.39 Å². The summed E-state index contributed by atoms with van der Waals surface area (Å²) < 4.78 is 18.9. The fourth-order valence-corrected chi connectivity index (χ4v) is 1.36. The molecule has 2 aromatic rings. The summed E-state index contributed by atoms with van der Waals surface area (Å²) >= 11 is 0. The Balaban J connectivity index is 2.09. The topological polar surface area (TPSA) is 111 Å². The molecule has 1 aromatic heterocycles. The molecule has 100 valence electrons. The van der Waals surface area contributed by atoms with Crippen molar-refractivity contribution in [2.24, 2.45) is 17.9 Å². The molecule has 0 bridgehead atoms. The van der Waals surface area contributed by atoms with Gasteiger partial charge in [0.25, 0.3) is 0 Å². The Morgan fingerprint density at radius 3 is 2.95 bits per heavy atom. The van der Waals surface area contributed by atoms with Crippen LogP contribution in [0.5, 0.6) is 5.75 Å². The molecule has 0 aliphatic carbocycles. The van der Waals surface area contributed by atoms with Gasteiger partial charge in [-0.2, -0.15) is 4.80 Å². The van der Waals surface area contributed by atoms with E-state index < -0.39 is 5.82 Å². The van der Waals surface area contributed by atoms with E-state index in [4.69, 9.17) is 15.7 Å². The van der Waals surface area contributed by atoms with E-state index in [0.717, 1.165) is 6.07 Å². The number of nitrogens with zero attached hydrogens (tertiary/aromatic N) is 5. The van der Waals surface area contributed by atoms with Gasteiger partial charge in [-0.1, -0.05) is 5.16 Å². The average molecular weight is 266 g/mol. The van der Waals surface area contributed by atoms with Crippen LogP contribution in [0.3, 0.4) is 0 Å². The molecular formula is C10H11FN6O2. The van der Waals surface area contributed by atoms with Gasteiger partial charge in [-0.05, 0) is 23.4 Å². The van der Waals surface area contributed by atoms with Crippen molar-refractivity contribution in [2.45, 2.75) is 6.61 Å². The van der Waals surface area contributed by atoms with E-state index in [0.29, 0.717) is 5.82 Å². The van der Waals surface area contributed by atoms with Crippen LogP contribution in [-0.4, -0.2) is 31.3 Å². The molecule has 1 aromatic carbocycles. The molecule has 0 fully saturated rings. The smallest absolute Gasteiger partial charge is 0.212 e. The van der Waals surface area contributed by atoms with E-state index in [1.807, 2.05) is 0 Å². The lowest BCUT2D eigenvalue weighted by atomic mass is 10.2. The third kappa shape index (κ3) is 2.94. The Morgan fingerprint density at radius 1 is 1.58 bits per heavy atom. The first kappa shape index (κ1) is 12.7. The Labute approximate surface area is 107 Å². The third-order valence-electron chi connectivity index (χ3n) is 2.24. The molecule has 0 aliphatic heterocycles. The summed E-state index contributed by atoms with van der Waals surface area (Å²) in [5.74, 6) is -0.460. The zero-order chi connectivity index (χ0) is 13.8. The number of benzene rings is 1. The van der Waals surface area contributed by atoms with Crippen LogP contribution in [0.2, 0.25) is 0 Å². The van der Waals surface area contributed by atoms with Crippen molar-refractivity contribution in [3.8, 4) is 5.75 Å². The van der Waals surface area contributed by atoms with Crippen LogP contribution in [-0.2, 0) is 13.7 Å². The summed E-state index contributed by atoms with van der Waals surface area (Å²) in [4.78, 5) is 1.27. The van der Waals surface area contributed by atoms with Gasteiger partial charge in [0.15, 0.2) is 24.0 Å². The zero-order valence-electron chi connectivity index (χ0n) is 9.99. The molecule has 0 unspecified atom stereocenters. The van der Waals surface area contributed by atoms with Crippen molar-refractivity contribution in [1.82, 2.24) is 20.2 Å². The normalized spacial score (nSPS) is 11.6. The SMILES string of the molecule is Cn1nnc(COc2ccc(/C(N)=N/O)cc2F)n1. The molecule has 3 N–H and O–H groups in total. The quantitative estimate of drug-likeness (QED) is 0.349. The van der Waals surface area contributed by atoms with Gasteiger partial charge in [0.2, 0.25) is 5.82 Å². The van der Waals surface area contributed by atoms with Gasteiger partial charge in [0.05, 0.1) is 7.05 Å². The summed E-state index contributed by atoms with van der Waals surface area (Å²) in [6.45, 7) is -0.00627. The highest BCUT2D eigenvalue weighted by atomic mass is 19.1. The number of rotatable bonds is 4. The highest BCUT2D eigenvalue weighted by molar-refractivity contribution is 5.97. The first-order chi connectivity index (χ1) is 9.10. The van der Waals surface area contributed by atoms with Crippen LogP contribution in [0.25, 0.3) is 0 Å². The van der Waals surface area contributed by atoms with Gasteiger partial charge in [-0.15, -0.1) is 10.2 Å². The molecule has 0 spiro atoms. The summed E-state index contributed by atoms with van der Waals surface area (Å²) in [7, 11) is 1.61. The standard InChI is InChI=1S/C10H11FN6O2/c1-17-14-9(13-16-17)5-19-8-3-2-6(4-7(8)11)10(12)15-18/h2-4,18H,5H2,1H3,(H2,12,15). The van der Waals surface area contributed by atoms with Crippen LogP contribution in [0, 0.1) is 5.82 Å². The molecule has 0 saturated heterocycles. The molecule has 0 atom stereocenters. The number of aromatic nitrogens is 4. The van der Waals surface area contributed by atoms with Crippen molar-refractivity contribution in [3.05, 3.63) is 35.4 Å². The van der Waals surface area contributed by atoms with Crippen LogP contribution in [0.4, 0.5) is 4.39 Å². The van der Waals surface area contributed by atoms with Gasteiger partial charge in [-0.3, -0.25) is 0 Å². The fourth-order valence-electron chi connectivity index (χ4n) is 1.36. The van der Waals surface area contributed by atoms with Crippen molar-refractivity contribution in [2.75, 3.05) is 0 Å². The van der Waals surface area contributed by atoms with Crippen molar-refractivity contribution in [3.63, 3.8) is 0 Å². The van der Waals surface area contributed by atoms with Gasteiger partial charge in [0, 0.05) is 5.56 Å². The average Bonchev–Trinajstić information content (AvgIpc) is 2.82. The van der Waals surface area contributed by atoms with E-state index in [9.17, 15) is 4.39 Å². The molecule has 2 rings (SSSR count). The van der Waals surface area contributed by atoms with E-state index in [1.54, 1.807) is 7.05 Å². The Hall–Kier alpha value is -2.71. The number of halogens is 1. The fraction of sp³-hybridized carbons (Fsp3) is 0.200. The van der Waals surface area contributed by atoms with Crippen LogP contribution < -0.4 is 10.5 Å². The molecule has 9 heteroatoms. The molecule has 1 heterocycles. The number of oxime groups is 1. The van der Waals surface area contributed by atoms with Crippen LogP contribution in [0.15, 0.2) is 23.4 Å². The van der Waals surface area contributed by atoms with E-state index in [-0.39, 0.29) is 23.8 Å². The van der Waals surface area contributed by atoms with Crippen LogP contribution >= 0.6 is 0 Å². The first-order valence-electron chi connectivity index (χ1n) is 5.23. The maximum atomic E-state index is 13.7. The first-order valence-corrected chi connectivity index (χ1v) is 5.23. The minimum atomic E-state index is -0.631. The number of ether oxygens (including phenoxy) is 1. The molecule has 19 heavy (non-hydrogen) atoms. The predicted octanol–water partition coefficient (Wildman–Crippen LogP) is 0.0227. The molecule has 0 radical (unpaired) electrons. The molecule has 0 aliphatic rings. The van der Waals surface area contributed by atoms with E-state index in [2.05, 4.69) is 20.6 Å². The van der Waals surface area contributed by atoms with Gasteiger partial charge in [0.1, 0.15) is 0 Å². The second kappa shape index (κ2) is 5.29. The highest BCUT2D eigenvalue weighted by Crippen LogP contribution is 2.19. The Bertz CT molecular complexity index is 612. The second-order valence-corrected chi connectivity index (χ2v) is 3.61. The molecular weight excluding hydrogens is 255 g/mol. The zero-order valence-corrected chi connectivity index (χ0v) is 9.99. The van der Waals surface area contributed by atoms with Crippen molar-refractivity contribution >= 4 is 5.84 Å². The largest absolute Gasteiger partial charge is 0.482 e. The number of nitrogens with two attached hydrogens (primary N) is 1. The lowest BCUT2D eigenvalue weighted by molar-refractivity contribution is 0.280. The van der Waals surface area contributed by atoms with Crippen molar-refractivity contribution in [1.29, 1.82) is 0 Å². The summed E-state index contributed by atoms with van der Waals surface area (Å²) in [5, 5.41) is 22.5. The highest BCUT2D eigenvalue weighted by Gasteiger charge is 2.09. The molecule has 0 saturated carbocycles. The number of hydrogen-bond donors (Lipinski definition) is 2. The number of amidine groups is 1. The second-order valence-electron chi connectivity index (χ2n) is 3.61. The molecule has 8 nitrogen and oxygen atoms in total. The van der Waals surface area contributed by atoms with Gasteiger partial charge >= 0.3 is 0 Å². The van der Waals surface area contributed by atoms with Gasteiger partial charge < -0.3 is 15.7 Å². The Morgan fingerprint density at radius 2 is 2.37 bits per heavy atom. The van der Waals surface area contributed by atoms with E-state index in [1.165, 1.54) is 16.9 Å². The number of aryl methyl sites for hydroxylation is 1. The van der Waals surface area contributed by atoms with Crippen LogP contribution in [0.1, 0.15) is 11.4 Å². The summed E-state index contributed by atoms with van der Waals surface area (Å²) in [6.07, 6.45) is 0.